The van der Waals surface area contributed by atoms with Crippen LogP contribution in [0.25, 0.3) is 0 Å². The number of hydrogen-bond acceptors (Lipinski definition) is 6. The van der Waals surface area contributed by atoms with E-state index >= 15 is 0 Å². The lowest BCUT2D eigenvalue weighted by atomic mass is 9.85. The van der Waals surface area contributed by atoms with Gasteiger partial charge in [0, 0.05) is 0 Å². The normalized spacial score (nSPS) is 40.4. The van der Waals surface area contributed by atoms with E-state index in [0.717, 1.165) is 5.56 Å². The Balaban J connectivity index is 1.72. The second kappa shape index (κ2) is 5.88. The van der Waals surface area contributed by atoms with Gasteiger partial charge in [-0.15, -0.1) is 0 Å². The Morgan fingerprint density at radius 1 is 0.955 bits per heavy atom. The van der Waals surface area contributed by atoms with E-state index in [9.17, 15) is 15.3 Å². The number of benzene rings is 1. The average Bonchev–Trinajstić information content (AvgIpc) is 2.82. The third-order valence-corrected chi connectivity index (χ3v) is 4.15. The minimum Gasteiger partial charge on any atom is -0.387 e. The highest BCUT2D eigenvalue weighted by Crippen LogP contribution is 2.38. The molecule has 1 saturated carbocycles. The van der Waals surface area contributed by atoms with Gasteiger partial charge < -0.3 is 29.5 Å². The summed E-state index contributed by atoms with van der Waals surface area (Å²) in [6, 6.07) is 9.44. The van der Waals surface area contributed by atoms with E-state index in [1.165, 1.54) is 0 Å². The summed E-state index contributed by atoms with van der Waals surface area (Å²) >= 11 is 0. The number of aliphatic hydroxyl groups excluding tert-OH is 3. The fourth-order valence-electron chi connectivity index (χ4n) is 3.09. The number of hydrogen-bond donors (Lipinski definition) is 3. The van der Waals surface area contributed by atoms with Crippen LogP contribution in [-0.4, -0.2) is 57.7 Å². The molecule has 1 heterocycles. The van der Waals surface area contributed by atoms with Crippen molar-refractivity contribution in [2.45, 2.75) is 62.9 Å². The molecule has 6 atom stereocenters. The van der Waals surface area contributed by atoms with E-state index in [2.05, 4.69) is 0 Å². The van der Waals surface area contributed by atoms with Crippen molar-refractivity contribution >= 4 is 0 Å². The van der Waals surface area contributed by atoms with Crippen LogP contribution in [0.3, 0.4) is 0 Å². The van der Waals surface area contributed by atoms with Gasteiger partial charge in [-0.05, 0) is 19.4 Å². The zero-order chi connectivity index (χ0) is 15.9. The number of fused-ring (bicyclic) bond motifs is 1. The Kier molecular flexibility index (Phi) is 4.24. The molecule has 22 heavy (non-hydrogen) atoms. The summed E-state index contributed by atoms with van der Waals surface area (Å²) in [5, 5.41) is 30.9. The van der Waals surface area contributed by atoms with Crippen molar-refractivity contribution in [2.24, 2.45) is 0 Å². The maximum Gasteiger partial charge on any atom is 0.164 e. The minimum absolute atomic E-state index is 0.230. The maximum absolute atomic E-state index is 10.4. The predicted octanol–water partition coefficient (Wildman–Crippen LogP) is 0.188. The van der Waals surface area contributed by atoms with Crippen LogP contribution in [0.4, 0.5) is 0 Å². The molecule has 1 saturated heterocycles. The second-order valence-corrected chi connectivity index (χ2v) is 6.30. The van der Waals surface area contributed by atoms with Gasteiger partial charge in [-0.25, -0.2) is 0 Å². The summed E-state index contributed by atoms with van der Waals surface area (Å²) in [5.74, 6) is -0.911. The smallest absolute Gasteiger partial charge is 0.164 e. The second-order valence-electron chi connectivity index (χ2n) is 6.30. The largest absolute Gasteiger partial charge is 0.387 e. The molecule has 0 aromatic heterocycles. The van der Waals surface area contributed by atoms with Gasteiger partial charge >= 0.3 is 0 Å². The topological polar surface area (TPSA) is 88.4 Å². The highest BCUT2D eigenvalue weighted by Gasteiger charge is 2.57. The zero-order valence-corrected chi connectivity index (χ0v) is 12.6. The summed E-state index contributed by atoms with van der Waals surface area (Å²) < 4.78 is 16.9. The summed E-state index contributed by atoms with van der Waals surface area (Å²) in [4.78, 5) is 0. The lowest BCUT2D eigenvalue weighted by Crippen LogP contribution is -2.63. The van der Waals surface area contributed by atoms with Gasteiger partial charge in [-0.3, -0.25) is 0 Å². The van der Waals surface area contributed by atoms with Crippen molar-refractivity contribution in [3.8, 4) is 0 Å². The maximum atomic E-state index is 10.4. The number of ether oxygens (including phenoxy) is 3. The van der Waals surface area contributed by atoms with Crippen LogP contribution in [0, 0.1) is 0 Å². The fourth-order valence-corrected chi connectivity index (χ4v) is 3.09. The van der Waals surface area contributed by atoms with Gasteiger partial charge in [0.15, 0.2) is 5.79 Å². The molecular weight excluding hydrogens is 288 g/mol. The molecule has 3 N–H and O–H groups in total. The Hall–Kier alpha value is -1.02. The fraction of sp³-hybridized carbons (Fsp3) is 0.625. The molecule has 3 rings (SSSR count). The Morgan fingerprint density at radius 3 is 2.18 bits per heavy atom. The van der Waals surface area contributed by atoms with Crippen molar-refractivity contribution in [2.75, 3.05) is 0 Å². The molecule has 0 spiro atoms. The first-order valence-corrected chi connectivity index (χ1v) is 7.44. The van der Waals surface area contributed by atoms with Crippen molar-refractivity contribution in [1.82, 2.24) is 0 Å². The van der Waals surface area contributed by atoms with Crippen molar-refractivity contribution in [1.29, 1.82) is 0 Å². The first-order chi connectivity index (χ1) is 10.4. The van der Waals surface area contributed by atoms with Gasteiger partial charge in [0.25, 0.3) is 0 Å². The van der Waals surface area contributed by atoms with Crippen LogP contribution >= 0.6 is 0 Å². The van der Waals surface area contributed by atoms with E-state index in [1.54, 1.807) is 13.8 Å². The Bertz CT molecular complexity index is 505. The molecule has 1 aromatic carbocycles. The van der Waals surface area contributed by atoms with Crippen LogP contribution in [0.1, 0.15) is 19.4 Å². The van der Waals surface area contributed by atoms with E-state index in [1.807, 2.05) is 30.3 Å². The quantitative estimate of drug-likeness (QED) is 0.738. The van der Waals surface area contributed by atoms with Gasteiger partial charge in [-0.1, -0.05) is 30.3 Å². The molecule has 6 nitrogen and oxygen atoms in total. The van der Waals surface area contributed by atoms with Gasteiger partial charge in [0.05, 0.1) is 6.61 Å². The highest BCUT2D eigenvalue weighted by atomic mass is 16.8. The third-order valence-electron chi connectivity index (χ3n) is 4.15. The molecule has 122 valence electrons. The number of aliphatic hydroxyl groups is 3. The van der Waals surface area contributed by atoms with Crippen molar-refractivity contribution in [3.63, 3.8) is 0 Å². The minimum atomic E-state index is -1.24. The van der Waals surface area contributed by atoms with Crippen LogP contribution < -0.4 is 0 Å². The van der Waals surface area contributed by atoms with Crippen molar-refractivity contribution < 1.29 is 29.5 Å². The molecular formula is C16H22O6. The predicted molar refractivity (Wildman–Crippen MR) is 76.9 cm³/mol. The van der Waals surface area contributed by atoms with E-state index in [4.69, 9.17) is 14.2 Å². The van der Waals surface area contributed by atoms with E-state index in [-0.39, 0.29) is 6.61 Å². The number of rotatable bonds is 3. The molecule has 2 aliphatic rings. The first kappa shape index (κ1) is 15.9. The first-order valence-electron chi connectivity index (χ1n) is 7.44. The molecule has 1 aliphatic heterocycles. The van der Waals surface area contributed by atoms with Crippen LogP contribution in [0.5, 0.6) is 0 Å². The average molecular weight is 310 g/mol. The standard InChI is InChI=1S/C16H22O6/c1-16(2)21-14-11(18)10(17)13(12(19)15(14)22-16)20-8-9-6-4-3-5-7-9/h3-7,10-15,17-19H,8H2,1-2H3/t10-,11-,12-,13+,14+,15-/m1/s1. The summed E-state index contributed by atoms with van der Waals surface area (Å²) in [5.41, 5.74) is 0.919. The zero-order valence-electron chi connectivity index (χ0n) is 12.6. The van der Waals surface area contributed by atoms with Crippen LogP contribution in [-0.2, 0) is 20.8 Å². The van der Waals surface area contributed by atoms with Gasteiger partial charge in [-0.2, -0.15) is 0 Å². The SMILES string of the molecule is CC1(C)O[C@@H]2[C@H](O)[C@@H](OCc3ccccc3)[C@H](O)[C@@H](O)[C@@H]2O1. The van der Waals surface area contributed by atoms with Gasteiger partial charge in [0.2, 0.25) is 0 Å². The third kappa shape index (κ3) is 2.90. The van der Waals surface area contributed by atoms with Crippen LogP contribution in [0.2, 0.25) is 0 Å². The summed E-state index contributed by atoms with van der Waals surface area (Å²) in [6.45, 7) is 3.64. The van der Waals surface area contributed by atoms with E-state index < -0.39 is 42.4 Å². The summed E-state index contributed by atoms with van der Waals surface area (Å²) in [7, 11) is 0. The molecule has 0 amide bonds. The summed E-state index contributed by atoms with van der Waals surface area (Å²) in [6.07, 6.45) is -5.91. The van der Waals surface area contributed by atoms with Crippen LogP contribution in [0.15, 0.2) is 30.3 Å². The Morgan fingerprint density at radius 2 is 1.55 bits per heavy atom. The molecule has 0 bridgehead atoms. The highest BCUT2D eigenvalue weighted by molar-refractivity contribution is 5.14. The van der Waals surface area contributed by atoms with Crippen molar-refractivity contribution in [3.05, 3.63) is 35.9 Å². The molecule has 0 radical (unpaired) electrons. The Labute approximate surface area is 129 Å². The molecule has 2 fully saturated rings. The molecule has 1 aliphatic carbocycles. The molecule has 1 aromatic rings. The monoisotopic (exact) mass is 310 g/mol. The lowest BCUT2D eigenvalue weighted by molar-refractivity contribution is -0.211. The molecule has 6 heteroatoms. The molecule has 0 unspecified atom stereocenters. The lowest BCUT2D eigenvalue weighted by Gasteiger charge is -2.41. The van der Waals surface area contributed by atoms with Gasteiger partial charge in [0.1, 0.15) is 36.6 Å². The van der Waals surface area contributed by atoms with E-state index in [0.29, 0.717) is 0 Å².